The van der Waals surface area contributed by atoms with Gasteiger partial charge in [0.2, 0.25) is 5.95 Å². The largest absolute Gasteiger partial charge is 0.354 e. The first-order chi connectivity index (χ1) is 14.5. The molecule has 5 nitrogen and oxygen atoms in total. The average molecular weight is 443 g/mol. The fraction of sp³-hybridized carbons (Fsp3) is 0.261. The molecule has 7 heteroatoms. The number of aromatic nitrogens is 2. The number of halogens is 2. The van der Waals surface area contributed by atoms with E-state index >= 15 is 0 Å². The first-order valence-electron chi connectivity index (χ1n) is 9.85. The third-order valence-corrected chi connectivity index (χ3v) is 5.25. The quantitative estimate of drug-likeness (QED) is 0.432. The number of benzene rings is 2. The molecule has 0 fully saturated rings. The molecule has 1 amide bonds. The molecule has 0 unspecified atom stereocenters. The number of nitrogens with zero attached hydrogens (tertiary/aromatic N) is 2. The molecule has 0 saturated heterocycles. The molecule has 0 saturated carbocycles. The van der Waals surface area contributed by atoms with Gasteiger partial charge in [-0.25, -0.2) is 9.97 Å². The van der Waals surface area contributed by atoms with Gasteiger partial charge in [0.25, 0.3) is 5.91 Å². The lowest BCUT2D eigenvalue weighted by Gasteiger charge is -2.10. The van der Waals surface area contributed by atoms with Crippen LogP contribution in [0.3, 0.4) is 0 Å². The Labute approximate surface area is 186 Å². The molecular weight excluding hydrogens is 419 g/mol. The molecule has 1 aromatic heterocycles. The van der Waals surface area contributed by atoms with Crippen molar-refractivity contribution in [1.29, 1.82) is 0 Å². The molecule has 2 N–H and O–H groups in total. The van der Waals surface area contributed by atoms with Gasteiger partial charge in [-0.15, -0.1) is 0 Å². The smallest absolute Gasteiger partial charge is 0.254 e. The zero-order chi connectivity index (χ0) is 21.5. The second kappa shape index (κ2) is 10.4. The fourth-order valence-electron chi connectivity index (χ4n) is 2.96. The van der Waals surface area contributed by atoms with Gasteiger partial charge in [0.05, 0.1) is 21.3 Å². The molecule has 0 bridgehead atoms. The van der Waals surface area contributed by atoms with Crippen molar-refractivity contribution in [3.05, 3.63) is 75.9 Å². The van der Waals surface area contributed by atoms with E-state index in [4.69, 9.17) is 23.2 Å². The number of hydrogen-bond donors (Lipinski definition) is 2. The summed E-state index contributed by atoms with van der Waals surface area (Å²) >= 11 is 12.1. The van der Waals surface area contributed by atoms with Gasteiger partial charge in [-0.05, 0) is 42.2 Å². The third kappa shape index (κ3) is 5.71. The lowest BCUT2D eigenvalue weighted by atomic mass is 10.00. The molecule has 3 aromatic rings. The summed E-state index contributed by atoms with van der Waals surface area (Å²) in [7, 11) is 0. The van der Waals surface area contributed by atoms with E-state index in [1.165, 1.54) is 5.56 Å². The van der Waals surface area contributed by atoms with Gasteiger partial charge in [0.15, 0.2) is 0 Å². The zero-order valence-corrected chi connectivity index (χ0v) is 18.5. The van der Waals surface area contributed by atoms with Crippen LogP contribution in [-0.4, -0.2) is 29.0 Å². The molecule has 0 aliphatic carbocycles. The summed E-state index contributed by atoms with van der Waals surface area (Å²) in [5.74, 6) is 0.733. The van der Waals surface area contributed by atoms with Gasteiger partial charge >= 0.3 is 0 Å². The van der Waals surface area contributed by atoms with Crippen molar-refractivity contribution in [3.8, 4) is 11.3 Å². The van der Waals surface area contributed by atoms with Crippen LogP contribution >= 0.6 is 23.2 Å². The minimum Gasteiger partial charge on any atom is -0.354 e. The van der Waals surface area contributed by atoms with Crippen LogP contribution in [0.5, 0.6) is 0 Å². The number of nitrogens with one attached hydrogen (secondary N) is 2. The highest BCUT2D eigenvalue weighted by molar-refractivity contribution is 6.39. The van der Waals surface area contributed by atoms with Crippen molar-refractivity contribution >= 4 is 35.1 Å². The van der Waals surface area contributed by atoms with Gasteiger partial charge in [0.1, 0.15) is 0 Å². The number of carbonyl (C=O) groups is 1. The summed E-state index contributed by atoms with van der Waals surface area (Å²) in [4.78, 5) is 21.2. The van der Waals surface area contributed by atoms with Crippen molar-refractivity contribution < 1.29 is 4.79 Å². The molecule has 0 atom stereocenters. The van der Waals surface area contributed by atoms with Gasteiger partial charge in [-0.2, -0.15) is 0 Å². The Morgan fingerprint density at radius 3 is 2.50 bits per heavy atom. The average Bonchev–Trinajstić information content (AvgIpc) is 2.73. The van der Waals surface area contributed by atoms with Crippen molar-refractivity contribution in [2.45, 2.75) is 26.2 Å². The van der Waals surface area contributed by atoms with E-state index in [9.17, 15) is 4.79 Å². The monoisotopic (exact) mass is 442 g/mol. The van der Waals surface area contributed by atoms with Crippen LogP contribution in [0.4, 0.5) is 5.95 Å². The second-order valence-electron chi connectivity index (χ2n) is 7.18. The predicted molar refractivity (Wildman–Crippen MR) is 123 cm³/mol. The molecule has 30 heavy (non-hydrogen) atoms. The summed E-state index contributed by atoms with van der Waals surface area (Å²) in [6.07, 6.45) is 2.44. The van der Waals surface area contributed by atoms with E-state index in [0.717, 1.165) is 11.3 Å². The van der Waals surface area contributed by atoms with Crippen LogP contribution in [0.1, 0.15) is 42.1 Å². The third-order valence-electron chi connectivity index (χ3n) is 4.62. The maximum atomic E-state index is 12.3. The van der Waals surface area contributed by atoms with Crippen molar-refractivity contribution in [2.24, 2.45) is 0 Å². The first-order valence-corrected chi connectivity index (χ1v) is 10.6. The van der Waals surface area contributed by atoms with E-state index < -0.39 is 0 Å². The van der Waals surface area contributed by atoms with Crippen LogP contribution in [-0.2, 0) is 0 Å². The van der Waals surface area contributed by atoms with Crippen LogP contribution in [0.2, 0.25) is 10.0 Å². The maximum absolute atomic E-state index is 12.3. The number of anilines is 1. The summed E-state index contributed by atoms with van der Waals surface area (Å²) in [5.41, 5.74) is 3.51. The molecule has 156 valence electrons. The SMILES string of the molecule is CC(C)c1cccc(-c2ccnc(NCCCNC(=O)c3c(Cl)cccc3Cl)n2)c1. The minimum atomic E-state index is -0.283. The number of carbonyl (C=O) groups excluding carboxylic acids is 1. The van der Waals surface area contributed by atoms with E-state index in [-0.39, 0.29) is 5.91 Å². The Morgan fingerprint density at radius 2 is 1.77 bits per heavy atom. The fourth-order valence-corrected chi connectivity index (χ4v) is 3.52. The second-order valence-corrected chi connectivity index (χ2v) is 7.99. The highest BCUT2D eigenvalue weighted by Crippen LogP contribution is 2.24. The summed E-state index contributed by atoms with van der Waals surface area (Å²) in [6, 6.07) is 15.3. The lowest BCUT2D eigenvalue weighted by Crippen LogP contribution is -2.26. The Kier molecular flexibility index (Phi) is 7.66. The van der Waals surface area contributed by atoms with E-state index in [1.807, 2.05) is 18.2 Å². The van der Waals surface area contributed by atoms with E-state index in [2.05, 4.69) is 46.6 Å². The molecule has 0 radical (unpaired) electrons. The Bertz CT molecular complexity index is 1000. The Hall–Kier alpha value is -2.63. The van der Waals surface area contributed by atoms with Crippen molar-refractivity contribution in [1.82, 2.24) is 15.3 Å². The normalized spacial score (nSPS) is 10.8. The van der Waals surface area contributed by atoms with Crippen molar-refractivity contribution in [2.75, 3.05) is 18.4 Å². The molecule has 3 rings (SSSR count). The van der Waals surface area contributed by atoms with Gasteiger partial charge in [0, 0.05) is 24.8 Å². The lowest BCUT2D eigenvalue weighted by molar-refractivity contribution is 0.0954. The first kappa shape index (κ1) is 22.1. The highest BCUT2D eigenvalue weighted by Gasteiger charge is 2.13. The van der Waals surface area contributed by atoms with Gasteiger partial charge in [-0.3, -0.25) is 4.79 Å². The van der Waals surface area contributed by atoms with Crippen LogP contribution in [0.25, 0.3) is 11.3 Å². The maximum Gasteiger partial charge on any atom is 0.254 e. The van der Waals surface area contributed by atoms with Gasteiger partial charge < -0.3 is 10.6 Å². The van der Waals surface area contributed by atoms with Gasteiger partial charge in [-0.1, -0.05) is 61.3 Å². The van der Waals surface area contributed by atoms with Crippen LogP contribution in [0.15, 0.2) is 54.7 Å². The van der Waals surface area contributed by atoms with Crippen molar-refractivity contribution in [3.63, 3.8) is 0 Å². The Morgan fingerprint density at radius 1 is 1.03 bits per heavy atom. The standard InChI is InChI=1S/C23H24Cl2N4O/c1-15(2)16-6-3-7-17(14-16)20-10-13-28-23(29-20)27-12-5-11-26-22(30)21-18(24)8-4-9-19(21)25/h3-4,6-10,13-15H,5,11-12H2,1-2H3,(H,26,30)(H,27,28,29). The number of hydrogen-bond acceptors (Lipinski definition) is 4. The minimum absolute atomic E-state index is 0.283. The van der Waals surface area contributed by atoms with E-state index in [1.54, 1.807) is 24.4 Å². The highest BCUT2D eigenvalue weighted by atomic mass is 35.5. The summed E-state index contributed by atoms with van der Waals surface area (Å²) in [6.45, 7) is 5.44. The van der Waals surface area contributed by atoms with E-state index in [0.29, 0.717) is 47.0 Å². The Balaban J connectivity index is 1.52. The molecular formula is C23H24Cl2N4O. The van der Waals surface area contributed by atoms with Crippen LogP contribution < -0.4 is 10.6 Å². The number of rotatable bonds is 8. The summed E-state index contributed by atoms with van der Waals surface area (Å²) < 4.78 is 0. The molecule has 1 heterocycles. The topological polar surface area (TPSA) is 66.9 Å². The zero-order valence-electron chi connectivity index (χ0n) is 17.0. The molecule has 0 aliphatic rings. The van der Waals surface area contributed by atoms with Crippen LogP contribution in [0, 0.1) is 0 Å². The predicted octanol–water partition coefficient (Wildman–Crippen LogP) is 5.81. The molecule has 0 aliphatic heterocycles. The molecule has 2 aromatic carbocycles. The summed E-state index contributed by atoms with van der Waals surface area (Å²) in [5, 5.41) is 6.71. The number of amides is 1. The molecule has 0 spiro atoms.